The lowest BCUT2D eigenvalue weighted by Gasteiger charge is -2.40. The van der Waals surface area contributed by atoms with Crippen LogP contribution in [0.4, 0.5) is 0 Å². The molecule has 0 unspecified atom stereocenters. The molecule has 0 saturated carbocycles. The van der Waals surface area contributed by atoms with Crippen LogP contribution >= 0.6 is 0 Å². The molecule has 0 amide bonds. The highest BCUT2D eigenvalue weighted by Gasteiger charge is 2.43. The molecule has 0 aliphatic rings. The topological polar surface area (TPSA) is 229 Å². The van der Waals surface area contributed by atoms with E-state index in [-0.39, 0.29) is 16.7 Å². The van der Waals surface area contributed by atoms with E-state index in [1.165, 1.54) is 20.1 Å². The molecule has 52 heavy (non-hydrogen) atoms. The summed E-state index contributed by atoms with van der Waals surface area (Å²) in [6, 6.07) is 0. The maximum absolute atomic E-state index is 12.0. The quantitative estimate of drug-likeness (QED) is 0.263. The van der Waals surface area contributed by atoms with Crippen molar-refractivity contribution in [3.05, 3.63) is 71.3 Å². The normalized spacial score (nSPS) is 16.2. The van der Waals surface area contributed by atoms with Crippen molar-refractivity contribution in [3.8, 4) is 0 Å². The molecular formula is C33H56N6O9S3Si. The van der Waals surface area contributed by atoms with E-state index in [0.717, 1.165) is 29.2 Å². The van der Waals surface area contributed by atoms with E-state index in [1.807, 2.05) is 20.8 Å². The van der Waals surface area contributed by atoms with Crippen LogP contribution in [0.15, 0.2) is 37.2 Å². The minimum absolute atomic E-state index is 0.0207. The third-order valence-electron chi connectivity index (χ3n) is 8.76. The number of hydrogen-bond acceptors (Lipinski definition) is 15. The predicted octanol–water partition coefficient (Wildman–Crippen LogP) is 3.78. The van der Waals surface area contributed by atoms with Crippen LogP contribution in [-0.4, -0.2) is 108 Å². The van der Waals surface area contributed by atoms with E-state index >= 15 is 0 Å². The van der Waals surface area contributed by atoms with Crippen molar-refractivity contribution in [3.63, 3.8) is 0 Å². The molecule has 3 rings (SSSR count). The number of aliphatic hydroxyl groups excluding tert-OH is 2. The summed E-state index contributed by atoms with van der Waals surface area (Å²) in [5.74, 6) is 0.713. The fourth-order valence-corrected chi connectivity index (χ4v) is 6.83. The molecule has 2 N–H and O–H groups in total. The number of rotatable bonds is 11. The molecule has 0 fully saturated rings. The average molecular weight is 805 g/mol. The summed E-state index contributed by atoms with van der Waals surface area (Å²) in [6.45, 7) is 20.6. The Morgan fingerprint density at radius 2 is 0.808 bits per heavy atom. The molecule has 3 heterocycles. The van der Waals surface area contributed by atoms with E-state index in [2.05, 4.69) is 63.8 Å². The molecule has 294 valence electrons. The van der Waals surface area contributed by atoms with Gasteiger partial charge in [0.1, 0.15) is 18.3 Å². The zero-order chi connectivity index (χ0) is 40.6. The van der Waals surface area contributed by atoms with Gasteiger partial charge in [-0.3, -0.25) is 0 Å². The summed E-state index contributed by atoms with van der Waals surface area (Å²) in [6.07, 6.45) is 9.94. The summed E-state index contributed by atoms with van der Waals surface area (Å²) in [5.41, 5.74) is 2.65. The van der Waals surface area contributed by atoms with Crippen molar-refractivity contribution in [1.29, 1.82) is 0 Å². The lowest BCUT2D eigenvalue weighted by atomic mass is 10.2. The summed E-state index contributed by atoms with van der Waals surface area (Å²) < 4.78 is 75.2. The molecule has 0 aliphatic carbocycles. The van der Waals surface area contributed by atoms with Crippen LogP contribution in [-0.2, 0) is 33.9 Å². The molecule has 0 aromatic carbocycles. The summed E-state index contributed by atoms with van der Waals surface area (Å²) in [4.78, 5) is 24.2. The maximum Gasteiger partial charge on any atom is 0.193 e. The number of aryl methyl sites for hydroxylation is 3. The molecule has 3 aromatic rings. The molecular weight excluding hydrogens is 749 g/mol. The standard InChI is InChI=1S/C15H28N2O3SSi.2C9H14N2O3S/c1-11-9-16-14(17-10-11)13(12(2)21(6,18)19)20-22(7,8)15(3,4)5;2*1-6-4-10-9(11-5-6)8(12)7(2)15(3,13)14/h9-10,12-13H,1-8H3;2*4-5,7-8,12H,1-3H3/t12-,13-;2*7-,8-/m010/s1. The average Bonchev–Trinajstić information content (AvgIpc) is 3.02. The Bertz CT molecular complexity index is 1820. The highest BCUT2D eigenvalue weighted by Crippen LogP contribution is 2.40. The highest BCUT2D eigenvalue weighted by molar-refractivity contribution is 7.91. The first-order valence-electron chi connectivity index (χ1n) is 16.4. The summed E-state index contributed by atoms with van der Waals surface area (Å²) in [5, 5.41) is 16.9. The van der Waals surface area contributed by atoms with E-state index in [4.69, 9.17) is 4.43 Å². The maximum atomic E-state index is 12.0. The fraction of sp³-hybridized carbons (Fsp3) is 0.636. The molecule has 3 aromatic heterocycles. The van der Waals surface area contributed by atoms with Gasteiger partial charge in [0.2, 0.25) is 0 Å². The van der Waals surface area contributed by atoms with Crippen LogP contribution in [0.3, 0.4) is 0 Å². The summed E-state index contributed by atoms with van der Waals surface area (Å²) in [7, 11) is -12.0. The van der Waals surface area contributed by atoms with Gasteiger partial charge in [0.25, 0.3) is 0 Å². The molecule has 0 bridgehead atoms. The smallest absolute Gasteiger partial charge is 0.193 e. The Balaban J connectivity index is 0.000000401. The lowest BCUT2D eigenvalue weighted by Crippen LogP contribution is -2.45. The Hall–Kier alpha value is -2.81. The van der Waals surface area contributed by atoms with Gasteiger partial charge in [-0.1, -0.05) is 20.8 Å². The van der Waals surface area contributed by atoms with Gasteiger partial charge in [-0.15, -0.1) is 0 Å². The molecule has 19 heteroatoms. The molecule has 6 atom stereocenters. The second kappa shape index (κ2) is 18.5. The summed E-state index contributed by atoms with van der Waals surface area (Å²) >= 11 is 0. The van der Waals surface area contributed by atoms with E-state index < -0.39 is 71.9 Å². The van der Waals surface area contributed by atoms with Crippen molar-refractivity contribution in [2.45, 2.75) is 115 Å². The third-order valence-corrected chi connectivity index (χ3v) is 18.0. The lowest BCUT2D eigenvalue weighted by molar-refractivity contribution is 0.166. The Morgan fingerprint density at radius 1 is 0.558 bits per heavy atom. The Labute approximate surface area is 311 Å². The van der Waals surface area contributed by atoms with Crippen LogP contribution < -0.4 is 0 Å². The molecule has 0 aliphatic heterocycles. The van der Waals surface area contributed by atoms with E-state index in [0.29, 0.717) is 5.82 Å². The van der Waals surface area contributed by atoms with Crippen LogP contribution in [0.25, 0.3) is 0 Å². The number of nitrogens with zero attached hydrogens (tertiary/aromatic N) is 6. The van der Waals surface area contributed by atoms with Crippen molar-refractivity contribution in [2.24, 2.45) is 0 Å². The number of sulfone groups is 3. The first-order chi connectivity index (χ1) is 23.4. The number of hydrogen-bond donors (Lipinski definition) is 2. The molecule has 0 saturated heterocycles. The van der Waals surface area contributed by atoms with Crippen LogP contribution in [0.5, 0.6) is 0 Å². The first kappa shape index (κ1) is 47.2. The van der Waals surface area contributed by atoms with Crippen molar-refractivity contribution < 1.29 is 39.9 Å². The Kier molecular flexibility index (Phi) is 16.8. The van der Waals surface area contributed by atoms with Gasteiger partial charge in [0.15, 0.2) is 55.3 Å². The SMILES string of the molecule is Cc1cnc([C@@H](O)[C@H](C)S(C)(=O)=O)nc1.Cc1cnc([C@@H](O[Si](C)(C)C(C)(C)C)[C@H](C)S(C)(=O)=O)nc1.Cc1cnc([C@H](O)[C@@H](C)S(C)(=O)=O)nc1. The van der Waals surface area contributed by atoms with Gasteiger partial charge in [0, 0.05) is 55.9 Å². The molecule has 0 radical (unpaired) electrons. The zero-order valence-corrected chi connectivity index (χ0v) is 36.0. The number of aromatic nitrogens is 6. The van der Waals surface area contributed by atoms with Crippen molar-refractivity contribution >= 4 is 37.8 Å². The van der Waals surface area contributed by atoms with Crippen LogP contribution in [0.1, 0.15) is 94.0 Å². The molecule has 15 nitrogen and oxygen atoms in total. The van der Waals surface area contributed by atoms with Crippen LogP contribution in [0, 0.1) is 20.8 Å². The largest absolute Gasteiger partial charge is 0.405 e. The monoisotopic (exact) mass is 804 g/mol. The van der Waals surface area contributed by atoms with Gasteiger partial charge in [0.05, 0.1) is 15.7 Å². The van der Waals surface area contributed by atoms with Gasteiger partial charge >= 0.3 is 0 Å². The first-order valence-corrected chi connectivity index (χ1v) is 25.1. The van der Waals surface area contributed by atoms with E-state index in [1.54, 1.807) is 44.1 Å². The highest BCUT2D eigenvalue weighted by atomic mass is 32.2. The van der Waals surface area contributed by atoms with Gasteiger partial charge in [-0.25, -0.2) is 55.2 Å². The minimum Gasteiger partial charge on any atom is -0.405 e. The fourth-order valence-electron chi connectivity index (χ4n) is 3.63. The van der Waals surface area contributed by atoms with Gasteiger partial charge < -0.3 is 14.6 Å². The predicted molar refractivity (Wildman–Crippen MR) is 204 cm³/mol. The van der Waals surface area contributed by atoms with Crippen LogP contribution in [0.2, 0.25) is 18.1 Å². The van der Waals surface area contributed by atoms with Gasteiger partial charge in [-0.2, -0.15) is 0 Å². The zero-order valence-electron chi connectivity index (χ0n) is 32.6. The minimum atomic E-state index is -3.29. The second-order valence-corrected chi connectivity index (χ2v) is 26.6. The Morgan fingerprint density at radius 3 is 1.04 bits per heavy atom. The second-order valence-electron chi connectivity index (χ2n) is 14.6. The van der Waals surface area contributed by atoms with Gasteiger partial charge in [-0.05, 0) is 76.4 Å². The van der Waals surface area contributed by atoms with Crippen molar-refractivity contribution in [2.75, 3.05) is 18.8 Å². The molecule has 0 spiro atoms. The van der Waals surface area contributed by atoms with E-state index in [9.17, 15) is 35.5 Å². The van der Waals surface area contributed by atoms with Crippen molar-refractivity contribution in [1.82, 2.24) is 29.9 Å². The number of aliphatic hydroxyl groups is 2. The third kappa shape index (κ3) is 14.5.